The van der Waals surface area contributed by atoms with E-state index in [2.05, 4.69) is 4.98 Å². The van der Waals surface area contributed by atoms with Gasteiger partial charge in [0.2, 0.25) is 0 Å². The van der Waals surface area contributed by atoms with E-state index in [1.165, 1.54) is 4.90 Å². The van der Waals surface area contributed by atoms with Gasteiger partial charge in [-0.15, -0.1) is 0 Å². The largest absolute Gasteiger partial charge is 0.507 e. The van der Waals surface area contributed by atoms with E-state index in [4.69, 9.17) is 9.47 Å². The van der Waals surface area contributed by atoms with E-state index in [9.17, 15) is 14.7 Å². The molecule has 37 heavy (non-hydrogen) atoms. The number of aromatic nitrogens is 1. The summed E-state index contributed by atoms with van der Waals surface area (Å²) in [4.78, 5) is 31.5. The summed E-state index contributed by atoms with van der Waals surface area (Å²) >= 11 is 0. The highest BCUT2D eigenvalue weighted by molar-refractivity contribution is 6.46. The van der Waals surface area contributed by atoms with E-state index in [1.807, 2.05) is 86.6 Å². The second-order valence-electron chi connectivity index (χ2n) is 9.26. The summed E-state index contributed by atoms with van der Waals surface area (Å²) in [6, 6.07) is 21.3. The molecular weight excluding hydrogens is 468 g/mol. The first-order chi connectivity index (χ1) is 17.9. The summed E-state index contributed by atoms with van der Waals surface area (Å²) in [5.74, 6) is -0.295. The Labute approximate surface area is 214 Å². The van der Waals surface area contributed by atoms with Crippen molar-refractivity contribution in [3.05, 3.63) is 101 Å². The lowest BCUT2D eigenvalue weighted by atomic mass is 9.95. The van der Waals surface area contributed by atoms with Crippen LogP contribution in [0.15, 0.2) is 84.6 Å². The molecule has 0 saturated carbocycles. The average molecular weight is 497 g/mol. The van der Waals surface area contributed by atoms with Crippen molar-refractivity contribution in [2.75, 3.05) is 7.11 Å². The number of ether oxygens (including phenoxy) is 2. The summed E-state index contributed by atoms with van der Waals surface area (Å²) < 4.78 is 11.1. The van der Waals surface area contributed by atoms with Gasteiger partial charge in [0.15, 0.2) is 0 Å². The monoisotopic (exact) mass is 496 g/mol. The summed E-state index contributed by atoms with van der Waals surface area (Å²) in [6.07, 6.45) is 1.61. The second-order valence-corrected chi connectivity index (χ2v) is 9.26. The number of aliphatic hydroxyl groups is 1. The van der Waals surface area contributed by atoms with E-state index in [0.717, 1.165) is 16.5 Å². The van der Waals surface area contributed by atoms with Gasteiger partial charge >= 0.3 is 0 Å². The van der Waals surface area contributed by atoms with Gasteiger partial charge in [0, 0.05) is 29.2 Å². The maximum Gasteiger partial charge on any atom is 0.295 e. The fourth-order valence-electron chi connectivity index (χ4n) is 4.76. The number of benzene rings is 3. The standard InChI is InChI=1S/C30H28N2O5/c1-18(2)37-22-8-6-7-20(15-22)27-26(28(33)24-16-31-25-10-5-4-9-23(24)25)29(34)30(35)32(27)17-19-11-13-21(36-3)14-12-19/h4-16,18,27,31,33H,17H2,1-3H3/b28-26-. The lowest BCUT2D eigenvalue weighted by Crippen LogP contribution is -2.29. The fourth-order valence-corrected chi connectivity index (χ4v) is 4.76. The minimum Gasteiger partial charge on any atom is -0.507 e. The van der Waals surface area contributed by atoms with Crippen molar-refractivity contribution in [2.24, 2.45) is 0 Å². The van der Waals surface area contributed by atoms with Crippen LogP contribution in [0.5, 0.6) is 11.5 Å². The van der Waals surface area contributed by atoms with Gasteiger partial charge in [-0.1, -0.05) is 42.5 Å². The first-order valence-corrected chi connectivity index (χ1v) is 12.1. The number of para-hydroxylation sites is 1. The third-order valence-electron chi connectivity index (χ3n) is 6.44. The molecule has 1 unspecified atom stereocenters. The number of fused-ring (bicyclic) bond motifs is 1. The van der Waals surface area contributed by atoms with Gasteiger partial charge in [0.1, 0.15) is 17.3 Å². The molecule has 188 valence electrons. The zero-order chi connectivity index (χ0) is 26.1. The number of carbonyl (C=O) groups excluding carboxylic acids is 2. The highest BCUT2D eigenvalue weighted by Crippen LogP contribution is 2.42. The molecule has 2 heterocycles. The Kier molecular flexibility index (Phi) is 6.44. The number of nitrogens with zero attached hydrogens (tertiary/aromatic N) is 1. The van der Waals surface area contributed by atoms with Crippen LogP contribution < -0.4 is 9.47 Å². The van der Waals surface area contributed by atoms with Gasteiger partial charge in [-0.05, 0) is 55.3 Å². The van der Waals surface area contributed by atoms with Crippen LogP contribution in [0.3, 0.4) is 0 Å². The first-order valence-electron chi connectivity index (χ1n) is 12.1. The van der Waals surface area contributed by atoms with Crippen LogP contribution in [-0.4, -0.2) is 39.9 Å². The number of nitrogens with one attached hydrogen (secondary N) is 1. The molecule has 4 aromatic rings. The molecule has 1 aromatic heterocycles. The van der Waals surface area contributed by atoms with Crippen LogP contribution in [0.4, 0.5) is 0 Å². The lowest BCUT2D eigenvalue weighted by molar-refractivity contribution is -0.140. The van der Waals surface area contributed by atoms with E-state index in [0.29, 0.717) is 22.6 Å². The molecule has 0 radical (unpaired) electrons. The van der Waals surface area contributed by atoms with Crippen molar-refractivity contribution in [1.82, 2.24) is 9.88 Å². The predicted octanol–water partition coefficient (Wildman–Crippen LogP) is 5.59. The molecule has 1 atom stereocenters. The maximum absolute atomic E-state index is 13.5. The normalized spacial score (nSPS) is 17.1. The quantitative estimate of drug-likeness (QED) is 0.198. The Hall–Kier alpha value is -4.52. The molecular formula is C30H28N2O5. The third-order valence-corrected chi connectivity index (χ3v) is 6.44. The topological polar surface area (TPSA) is 91.9 Å². The molecule has 1 saturated heterocycles. The first kappa shape index (κ1) is 24.2. The Morgan fingerprint density at radius 3 is 2.49 bits per heavy atom. The molecule has 1 aliphatic rings. The molecule has 5 rings (SSSR count). The number of rotatable bonds is 7. The number of hydrogen-bond acceptors (Lipinski definition) is 5. The minimum atomic E-state index is -0.800. The van der Waals surface area contributed by atoms with Gasteiger partial charge in [-0.25, -0.2) is 0 Å². The predicted molar refractivity (Wildman–Crippen MR) is 141 cm³/mol. The van der Waals surface area contributed by atoms with Crippen molar-refractivity contribution in [3.63, 3.8) is 0 Å². The summed E-state index contributed by atoms with van der Waals surface area (Å²) in [5, 5.41) is 12.3. The van der Waals surface area contributed by atoms with E-state index in [1.54, 1.807) is 13.3 Å². The molecule has 1 fully saturated rings. The number of amides is 1. The van der Waals surface area contributed by atoms with E-state index < -0.39 is 17.7 Å². The molecule has 0 aliphatic carbocycles. The third kappa shape index (κ3) is 4.56. The number of aromatic amines is 1. The molecule has 0 bridgehead atoms. The van der Waals surface area contributed by atoms with Crippen molar-refractivity contribution in [3.8, 4) is 11.5 Å². The number of aliphatic hydroxyl groups excluding tert-OH is 1. The zero-order valence-corrected chi connectivity index (χ0v) is 20.9. The summed E-state index contributed by atoms with van der Waals surface area (Å²) in [7, 11) is 1.59. The smallest absolute Gasteiger partial charge is 0.295 e. The number of H-pyrrole nitrogens is 1. The average Bonchev–Trinajstić information content (AvgIpc) is 3.43. The molecule has 1 aliphatic heterocycles. The SMILES string of the molecule is COc1ccc(CN2C(=O)C(=O)/C(=C(\O)c3c[nH]c4ccccc34)C2c2cccc(OC(C)C)c2)cc1. The molecule has 2 N–H and O–H groups in total. The van der Waals surface area contributed by atoms with Crippen LogP contribution in [0.2, 0.25) is 0 Å². The van der Waals surface area contributed by atoms with E-state index in [-0.39, 0.29) is 24.0 Å². The van der Waals surface area contributed by atoms with Crippen molar-refractivity contribution >= 4 is 28.4 Å². The molecule has 1 amide bonds. The number of methoxy groups -OCH3 is 1. The number of Topliss-reactive ketones (excluding diaryl/α,β-unsaturated/α-hetero) is 1. The highest BCUT2D eigenvalue weighted by Gasteiger charge is 2.46. The summed E-state index contributed by atoms with van der Waals surface area (Å²) in [6.45, 7) is 4.04. The second kappa shape index (κ2) is 9.85. The Bertz CT molecular complexity index is 1500. The van der Waals surface area contributed by atoms with Gasteiger partial charge in [0.05, 0.1) is 24.8 Å². The van der Waals surface area contributed by atoms with Crippen LogP contribution in [-0.2, 0) is 16.1 Å². The fraction of sp³-hybridized carbons (Fsp3) is 0.200. The molecule has 3 aromatic carbocycles. The van der Waals surface area contributed by atoms with Crippen molar-refractivity contribution in [2.45, 2.75) is 32.5 Å². The number of hydrogen-bond donors (Lipinski definition) is 2. The molecule has 0 spiro atoms. The van der Waals surface area contributed by atoms with Crippen molar-refractivity contribution in [1.29, 1.82) is 0 Å². The maximum atomic E-state index is 13.5. The summed E-state index contributed by atoms with van der Waals surface area (Å²) in [5.41, 5.74) is 2.84. The lowest BCUT2D eigenvalue weighted by Gasteiger charge is -2.26. The zero-order valence-electron chi connectivity index (χ0n) is 20.9. The highest BCUT2D eigenvalue weighted by atomic mass is 16.5. The Morgan fingerprint density at radius 2 is 1.76 bits per heavy atom. The van der Waals surface area contributed by atoms with Gasteiger partial charge < -0.3 is 24.5 Å². The Morgan fingerprint density at radius 1 is 1.00 bits per heavy atom. The van der Waals surface area contributed by atoms with Gasteiger partial charge in [0.25, 0.3) is 11.7 Å². The number of likely N-dealkylation sites (tertiary alicyclic amines) is 1. The van der Waals surface area contributed by atoms with Crippen LogP contribution in [0.25, 0.3) is 16.7 Å². The number of carbonyl (C=O) groups is 2. The van der Waals surface area contributed by atoms with Gasteiger partial charge in [-0.2, -0.15) is 0 Å². The van der Waals surface area contributed by atoms with Gasteiger partial charge in [-0.3, -0.25) is 9.59 Å². The minimum absolute atomic E-state index is 0.0463. The molecule has 7 nitrogen and oxygen atoms in total. The van der Waals surface area contributed by atoms with Crippen LogP contribution >= 0.6 is 0 Å². The number of ketones is 1. The molecule has 7 heteroatoms. The van der Waals surface area contributed by atoms with Crippen LogP contribution in [0, 0.1) is 0 Å². The van der Waals surface area contributed by atoms with Crippen molar-refractivity contribution < 1.29 is 24.2 Å². The van der Waals surface area contributed by atoms with Crippen LogP contribution in [0.1, 0.15) is 36.6 Å². The Balaban J connectivity index is 1.65. The van der Waals surface area contributed by atoms with E-state index >= 15 is 0 Å².